The minimum atomic E-state index is -0.583. The average Bonchev–Trinajstić information content (AvgIpc) is 2.41. The predicted octanol–water partition coefficient (Wildman–Crippen LogP) is 2.36. The summed E-state index contributed by atoms with van der Waals surface area (Å²) in [6, 6.07) is 6.90. The van der Waals surface area contributed by atoms with Crippen LogP contribution in [0.2, 0.25) is 10.0 Å². The van der Waals surface area contributed by atoms with E-state index in [0.717, 1.165) is 0 Å². The first-order valence-electron chi connectivity index (χ1n) is 5.38. The molecular formula is C12H10Cl2N2O2. The van der Waals surface area contributed by atoms with Gasteiger partial charge in [0.25, 0.3) is 5.91 Å². The summed E-state index contributed by atoms with van der Waals surface area (Å²) in [5.41, 5.74) is 0.350. The molecule has 4 nitrogen and oxygen atoms in total. The molecule has 1 heterocycles. The van der Waals surface area contributed by atoms with Gasteiger partial charge in [-0.2, -0.15) is 5.26 Å². The van der Waals surface area contributed by atoms with Gasteiger partial charge in [0, 0.05) is 6.54 Å². The fraction of sp³-hybridized carbons (Fsp3) is 0.333. The number of morpholine rings is 1. The second-order valence-electron chi connectivity index (χ2n) is 3.84. The maximum Gasteiger partial charge on any atom is 0.255 e. The molecule has 94 valence electrons. The zero-order chi connectivity index (χ0) is 13.1. The zero-order valence-electron chi connectivity index (χ0n) is 9.40. The van der Waals surface area contributed by atoms with Crippen molar-refractivity contribution in [3.8, 4) is 6.07 Å². The molecule has 0 spiro atoms. The molecule has 1 fully saturated rings. The second kappa shape index (κ2) is 5.57. The summed E-state index contributed by atoms with van der Waals surface area (Å²) in [5, 5.41) is 9.38. The summed E-state index contributed by atoms with van der Waals surface area (Å²) in [4.78, 5) is 13.8. The number of nitrogens with zero attached hydrogens (tertiary/aromatic N) is 2. The van der Waals surface area contributed by atoms with Crippen LogP contribution in [0.15, 0.2) is 18.2 Å². The third kappa shape index (κ3) is 2.59. The van der Waals surface area contributed by atoms with E-state index in [0.29, 0.717) is 23.7 Å². The quantitative estimate of drug-likeness (QED) is 0.796. The summed E-state index contributed by atoms with van der Waals surface area (Å²) in [7, 11) is 0. The summed E-state index contributed by atoms with van der Waals surface area (Å²) in [6.45, 7) is 1.04. The van der Waals surface area contributed by atoms with E-state index in [2.05, 4.69) is 0 Å². The standard InChI is InChI=1S/C12H10Cl2N2O2/c13-10-3-1-2-9(11(10)14)12(17)16-4-5-18-8(6-15)7-16/h1-3,8H,4-5,7H2. The molecule has 1 unspecified atom stereocenters. The maximum atomic E-state index is 12.3. The van der Waals surface area contributed by atoms with Gasteiger partial charge in [-0.05, 0) is 12.1 Å². The summed E-state index contributed by atoms with van der Waals surface area (Å²) >= 11 is 11.9. The van der Waals surface area contributed by atoms with Gasteiger partial charge in [-0.15, -0.1) is 0 Å². The largest absolute Gasteiger partial charge is 0.360 e. The van der Waals surface area contributed by atoms with Crippen molar-refractivity contribution < 1.29 is 9.53 Å². The Kier molecular flexibility index (Phi) is 4.07. The molecule has 1 atom stereocenters. The molecule has 2 rings (SSSR count). The molecule has 1 aromatic carbocycles. The van der Waals surface area contributed by atoms with E-state index in [-0.39, 0.29) is 17.5 Å². The van der Waals surface area contributed by atoms with Crippen molar-refractivity contribution in [1.29, 1.82) is 5.26 Å². The minimum absolute atomic E-state index is 0.231. The van der Waals surface area contributed by atoms with Gasteiger partial charge in [0.15, 0.2) is 6.10 Å². The molecule has 1 aliphatic heterocycles. The molecule has 1 aliphatic rings. The third-order valence-electron chi connectivity index (χ3n) is 2.68. The predicted molar refractivity (Wildman–Crippen MR) is 67.7 cm³/mol. The van der Waals surface area contributed by atoms with E-state index >= 15 is 0 Å². The number of carbonyl (C=O) groups is 1. The molecule has 1 saturated heterocycles. The van der Waals surface area contributed by atoms with Crippen molar-refractivity contribution in [2.24, 2.45) is 0 Å². The number of carbonyl (C=O) groups excluding carboxylic acids is 1. The van der Waals surface area contributed by atoms with Crippen molar-refractivity contribution in [1.82, 2.24) is 4.90 Å². The Morgan fingerprint density at radius 1 is 1.50 bits per heavy atom. The van der Waals surface area contributed by atoms with E-state index in [4.69, 9.17) is 33.2 Å². The number of nitriles is 1. The Morgan fingerprint density at radius 2 is 2.28 bits per heavy atom. The van der Waals surface area contributed by atoms with Crippen molar-refractivity contribution in [3.05, 3.63) is 33.8 Å². The number of hydrogen-bond acceptors (Lipinski definition) is 3. The monoisotopic (exact) mass is 284 g/mol. The van der Waals surface area contributed by atoms with Crippen molar-refractivity contribution in [2.75, 3.05) is 19.7 Å². The Balaban J connectivity index is 2.21. The Labute approximate surface area is 115 Å². The molecule has 1 aromatic rings. The van der Waals surface area contributed by atoms with Crippen LogP contribution in [0.4, 0.5) is 0 Å². The van der Waals surface area contributed by atoms with Crippen LogP contribution < -0.4 is 0 Å². The van der Waals surface area contributed by atoms with Gasteiger partial charge in [0.1, 0.15) is 0 Å². The number of ether oxygens (including phenoxy) is 1. The van der Waals surface area contributed by atoms with E-state index < -0.39 is 6.10 Å². The van der Waals surface area contributed by atoms with Gasteiger partial charge >= 0.3 is 0 Å². The van der Waals surface area contributed by atoms with E-state index in [9.17, 15) is 4.79 Å². The highest BCUT2D eigenvalue weighted by Gasteiger charge is 2.26. The van der Waals surface area contributed by atoms with E-state index in [1.54, 1.807) is 23.1 Å². The van der Waals surface area contributed by atoms with Crippen LogP contribution >= 0.6 is 23.2 Å². The normalized spacial score (nSPS) is 19.4. The fourth-order valence-electron chi connectivity index (χ4n) is 1.75. The molecule has 0 aliphatic carbocycles. The first-order chi connectivity index (χ1) is 8.63. The Hall–Kier alpha value is -1.28. The zero-order valence-corrected chi connectivity index (χ0v) is 10.9. The molecular weight excluding hydrogens is 275 g/mol. The first kappa shape index (κ1) is 13.2. The molecule has 0 radical (unpaired) electrons. The Morgan fingerprint density at radius 3 is 3.00 bits per heavy atom. The Bertz CT molecular complexity index is 513. The number of amides is 1. The van der Waals surface area contributed by atoms with E-state index in [1.165, 1.54) is 0 Å². The van der Waals surface area contributed by atoms with Crippen LogP contribution in [0, 0.1) is 11.3 Å². The smallest absolute Gasteiger partial charge is 0.255 e. The van der Waals surface area contributed by atoms with Crippen molar-refractivity contribution >= 4 is 29.1 Å². The topological polar surface area (TPSA) is 53.3 Å². The summed E-state index contributed by atoms with van der Waals surface area (Å²) in [5.74, 6) is -0.231. The van der Waals surface area contributed by atoms with Crippen LogP contribution in [0.25, 0.3) is 0 Å². The van der Waals surface area contributed by atoms with Gasteiger partial charge < -0.3 is 9.64 Å². The van der Waals surface area contributed by atoms with Crippen LogP contribution in [0.5, 0.6) is 0 Å². The lowest BCUT2D eigenvalue weighted by Crippen LogP contribution is -2.45. The molecule has 0 saturated carbocycles. The average molecular weight is 285 g/mol. The maximum absolute atomic E-state index is 12.3. The lowest BCUT2D eigenvalue weighted by atomic mass is 10.1. The molecule has 0 bridgehead atoms. The summed E-state index contributed by atoms with van der Waals surface area (Å²) < 4.78 is 5.18. The highest BCUT2D eigenvalue weighted by molar-refractivity contribution is 6.43. The lowest BCUT2D eigenvalue weighted by molar-refractivity contribution is 0.00347. The van der Waals surface area contributed by atoms with Gasteiger partial charge in [-0.25, -0.2) is 0 Å². The first-order valence-corrected chi connectivity index (χ1v) is 6.13. The van der Waals surface area contributed by atoms with Gasteiger partial charge in [0.2, 0.25) is 0 Å². The highest BCUT2D eigenvalue weighted by atomic mass is 35.5. The lowest BCUT2D eigenvalue weighted by Gasteiger charge is -2.30. The molecule has 0 N–H and O–H groups in total. The second-order valence-corrected chi connectivity index (χ2v) is 4.63. The van der Waals surface area contributed by atoms with Crippen LogP contribution in [0.1, 0.15) is 10.4 Å². The number of benzene rings is 1. The van der Waals surface area contributed by atoms with Crippen molar-refractivity contribution in [3.63, 3.8) is 0 Å². The molecule has 18 heavy (non-hydrogen) atoms. The number of hydrogen-bond donors (Lipinski definition) is 0. The van der Waals surface area contributed by atoms with E-state index in [1.807, 2.05) is 6.07 Å². The fourth-order valence-corrected chi connectivity index (χ4v) is 2.13. The van der Waals surface area contributed by atoms with Gasteiger partial charge in [-0.3, -0.25) is 4.79 Å². The van der Waals surface area contributed by atoms with Crippen LogP contribution in [0.3, 0.4) is 0 Å². The number of halogens is 2. The SMILES string of the molecule is N#CC1CN(C(=O)c2cccc(Cl)c2Cl)CCO1. The third-order valence-corrected chi connectivity index (χ3v) is 3.50. The van der Waals surface area contributed by atoms with Gasteiger partial charge in [-0.1, -0.05) is 29.3 Å². The van der Waals surface area contributed by atoms with Crippen LogP contribution in [-0.2, 0) is 4.74 Å². The minimum Gasteiger partial charge on any atom is -0.360 e. The van der Waals surface area contributed by atoms with Crippen molar-refractivity contribution in [2.45, 2.75) is 6.10 Å². The summed E-state index contributed by atoms with van der Waals surface area (Å²) in [6.07, 6.45) is -0.583. The van der Waals surface area contributed by atoms with Crippen LogP contribution in [-0.4, -0.2) is 36.6 Å². The molecule has 6 heteroatoms. The molecule has 1 amide bonds. The number of rotatable bonds is 1. The van der Waals surface area contributed by atoms with Gasteiger partial charge in [0.05, 0.1) is 34.8 Å². The molecule has 0 aromatic heterocycles. The highest BCUT2D eigenvalue weighted by Crippen LogP contribution is 2.26.